The van der Waals surface area contributed by atoms with Gasteiger partial charge in [0.1, 0.15) is 10.7 Å². The van der Waals surface area contributed by atoms with Crippen molar-refractivity contribution in [2.75, 3.05) is 4.72 Å². The summed E-state index contributed by atoms with van der Waals surface area (Å²) in [5.41, 5.74) is 0.692. The summed E-state index contributed by atoms with van der Waals surface area (Å²) in [4.78, 5) is -0.218. The summed E-state index contributed by atoms with van der Waals surface area (Å²) < 4.78 is 39.4. The van der Waals surface area contributed by atoms with Gasteiger partial charge < -0.3 is 0 Å². The molecule has 0 aliphatic heterocycles. The predicted molar refractivity (Wildman–Crippen MR) is 73.4 cm³/mol. The molecule has 2 rings (SSSR count). The van der Waals surface area contributed by atoms with Gasteiger partial charge in [-0.1, -0.05) is 11.6 Å². The summed E-state index contributed by atoms with van der Waals surface area (Å²) in [6.07, 6.45) is 0. The number of nitriles is 1. The van der Waals surface area contributed by atoms with Gasteiger partial charge in [-0.25, -0.2) is 12.8 Å². The normalized spacial score (nSPS) is 10.8. The monoisotopic (exact) mass is 310 g/mol. The SMILES string of the molecule is N#Cc1ccc(NS(=O)(=O)c2ccc(F)cc2Cl)cc1. The molecule has 20 heavy (non-hydrogen) atoms. The van der Waals surface area contributed by atoms with Gasteiger partial charge in [0.05, 0.1) is 16.7 Å². The standard InChI is InChI=1S/C13H8ClFN2O2S/c14-12-7-10(15)3-6-13(12)20(18,19)17-11-4-1-9(8-16)2-5-11/h1-7,17H. The molecule has 2 aromatic carbocycles. The molecule has 0 fully saturated rings. The van der Waals surface area contributed by atoms with Crippen molar-refractivity contribution >= 4 is 27.3 Å². The highest BCUT2D eigenvalue weighted by Gasteiger charge is 2.18. The Hall–Kier alpha value is -2.10. The summed E-state index contributed by atoms with van der Waals surface area (Å²) >= 11 is 5.73. The third-order valence-corrected chi connectivity index (χ3v) is 4.31. The Kier molecular flexibility index (Phi) is 3.93. The summed E-state index contributed by atoms with van der Waals surface area (Å²) in [7, 11) is -3.91. The lowest BCUT2D eigenvalue weighted by Gasteiger charge is -2.09. The van der Waals surface area contributed by atoms with Crippen LogP contribution in [0, 0.1) is 17.1 Å². The smallest absolute Gasteiger partial charge is 0.263 e. The Labute approximate surface area is 120 Å². The summed E-state index contributed by atoms with van der Waals surface area (Å²) in [6.45, 7) is 0. The van der Waals surface area contributed by atoms with Crippen molar-refractivity contribution in [1.29, 1.82) is 5.26 Å². The lowest BCUT2D eigenvalue weighted by atomic mass is 10.2. The van der Waals surface area contributed by atoms with Gasteiger partial charge >= 0.3 is 0 Å². The largest absolute Gasteiger partial charge is 0.280 e. The van der Waals surface area contributed by atoms with Gasteiger partial charge in [0.15, 0.2) is 0 Å². The fraction of sp³-hybridized carbons (Fsp3) is 0. The number of nitrogens with one attached hydrogen (secondary N) is 1. The van der Waals surface area contributed by atoms with Crippen LogP contribution in [-0.4, -0.2) is 8.42 Å². The van der Waals surface area contributed by atoms with Crippen LogP contribution in [0.2, 0.25) is 5.02 Å². The van der Waals surface area contributed by atoms with E-state index < -0.39 is 15.8 Å². The first kappa shape index (κ1) is 14.3. The number of sulfonamides is 1. The number of rotatable bonds is 3. The van der Waals surface area contributed by atoms with Gasteiger partial charge in [0.25, 0.3) is 10.0 Å². The molecule has 2 aromatic rings. The van der Waals surface area contributed by atoms with E-state index in [2.05, 4.69) is 4.72 Å². The second-order valence-corrected chi connectivity index (χ2v) is 5.93. The molecule has 0 aliphatic rings. The van der Waals surface area contributed by atoms with E-state index >= 15 is 0 Å². The van der Waals surface area contributed by atoms with E-state index in [1.165, 1.54) is 24.3 Å². The van der Waals surface area contributed by atoms with E-state index in [4.69, 9.17) is 16.9 Å². The summed E-state index contributed by atoms with van der Waals surface area (Å²) in [5.74, 6) is -0.618. The van der Waals surface area contributed by atoms with Gasteiger partial charge in [0, 0.05) is 5.69 Å². The molecule has 0 heterocycles. The van der Waals surface area contributed by atoms with Crippen LogP contribution in [-0.2, 0) is 10.0 Å². The zero-order valence-electron chi connectivity index (χ0n) is 9.97. The zero-order chi connectivity index (χ0) is 14.8. The second-order valence-electron chi connectivity index (χ2n) is 3.87. The van der Waals surface area contributed by atoms with E-state index in [1.807, 2.05) is 6.07 Å². The lowest BCUT2D eigenvalue weighted by molar-refractivity contribution is 0.600. The van der Waals surface area contributed by atoms with Gasteiger partial charge in [0.2, 0.25) is 0 Å². The van der Waals surface area contributed by atoms with Crippen molar-refractivity contribution in [3.8, 4) is 6.07 Å². The van der Waals surface area contributed by atoms with Crippen LogP contribution in [0.25, 0.3) is 0 Å². The number of halogens is 2. The van der Waals surface area contributed by atoms with E-state index in [1.54, 1.807) is 0 Å². The number of hydrogen-bond donors (Lipinski definition) is 1. The molecule has 0 bridgehead atoms. The first-order valence-corrected chi connectivity index (χ1v) is 7.26. The highest BCUT2D eigenvalue weighted by atomic mass is 35.5. The Balaban J connectivity index is 2.33. The first-order valence-electron chi connectivity index (χ1n) is 5.40. The molecule has 0 aromatic heterocycles. The lowest BCUT2D eigenvalue weighted by Crippen LogP contribution is -2.13. The fourth-order valence-corrected chi connectivity index (χ4v) is 3.11. The van der Waals surface area contributed by atoms with Crippen molar-refractivity contribution in [2.24, 2.45) is 0 Å². The Morgan fingerprint density at radius 2 is 1.80 bits per heavy atom. The first-order chi connectivity index (χ1) is 9.42. The Morgan fingerprint density at radius 1 is 1.15 bits per heavy atom. The van der Waals surface area contributed by atoms with Crippen molar-refractivity contribution in [2.45, 2.75) is 4.90 Å². The summed E-state index contributed by atoms with van der Waals surface area (Å²) in [6, 6.07) is 10.8. The van der Waals surface area contributed by atoms with Gasteiger partial charge in [-0.3, -0.25) is 4.72 Å². The summed E-state index contributed by atoms with van der Waals surface area (Å²) in [5, 5.41) is 8.46. The topological polar surface area (TPSA) is 70.0 Å². The number of benzene rings is 2. The van der Waals surface area contributed by atoms with E-state index in [9.17, 15) is 12.8 Å². The molecule has 0 spiro atoms. The van der Waals surface area contributed by atoms with Crippen LogP contribution in [0.3, 0.4) is 0 Å². The number of nitrogens with zero attached hydrogens (tertiary/aromatic N) is 1. The molecule has 0 aliphatic carbocycles. The molecule has 0 atom stereocenters. The molecular weight excluding hydrogens is 303 g/mol. The zero-order valence-corrected chi connectivity index (χ0v) is 11.5. The molecule has 0 saturated carbocycles. The highest BCUT2D eigenvalue weighted by Crippen LogP contribution is 2.24. The quantitative estimate of drug-likeness (QED) is 0.946. The van der Waals surface area contributed by atoms with Crippen LogP contribution in [0.1, 0.15) is 5.56 Å². The Bertz CT molecular complexity index is 783. The highest BCUT2D eigenvalue weighted by molar-refractivity contribution is 7.92. The van der Waals surface area contributed by atoms with E-state index in [0.717, 1.165) is 18.2 Å². The fourth-order valence-electron chi connectivity index (χ4n) is 1.52. The minimum absolute atomic E-state index is 0.203. The third-order valence-electron chi connectivity index (χ3n) is 2.45. The van der Waals surface area contributed by atoms with E-state index in [0.29, 0.717) is 5.56 Å². The predicted octanol–water partition coefficient (Wildman–Crippen LogP) is 3.15. The van der Waals surface area contributed by atoms with Crippen molar-refractivity contribution in [3.63, 3.8) is 0 Å². The van der Waals surface area contributed by atoms with E-state index in [-0.39, 0.29) is 15.6 Å². The number of anilines is 1. The van der Waals surface area contributed by atoms with Crippen LogP contribution in [0.4, 0.5) is 10.1 Å². The van der Waals surface area contributed by atoms with Gasteiger partial charge in [-0.05, 0) is 42.5 Å². The van der Waals surface area contributed by atoms with Crippen molar-refractivity contribution < 1.29 is 12.8 Å². The van der Waals surface area contributed by atoms with Crippen LogP contribution >= 0.6 is 11.6 Å². The molecule has 0 saturated heterocycles. The second kappa shape index (κ2) is 5.49. The Morgan fingerprint density at radius 3 is 2.35 bits per heavy atom. The maximum atomic E-state index is 12.9. The molecule has 4 nitrogen and oxygen atoms in total. The maximum Gasteiger partial charge on any atom is 0.263 e. The van der Waals surface area contributed by atoms with Crippen molar-refractivity contribution in [1.82, 2.24) is 0 Å². The maximum absolute atomic E-state index is 12.9. The van der Waals surface area contributed by atoms with Crippen molar-refractivity contribution in [3.05, 3.63) is 58.9 Å². The van der Waals surface area contributed by atoms with Crippen LogP contribution in [0.5, 0.6) is 0 Å². The average molecular weight is 311 g/mol. The molecule has 0 unspecified atom stereocenters. The van der Waals surface area contributed by atoms with Crippen LogP contribution in [0.15, 0.2) is 47.4 Å². The minimum atomic E-state index is -3.91. The van der Waals surface area contributed by atoms with Crippen LogP contribution < -0.4 is 4.72 Å². The molecule has 102 valence electrons. The molecule has 7 heteroatoms. The minimum Gasteiger partial charge on any atom is -0.280 e. The molecular formula is C13H8ClFN2O2S. The third kappa shape index (κ3) is 3.07. The molecule has 0 amide bonds. The molecule has 1 N–H and O–H groups in total. The van der Waals surface area contributed by atoms with Gasteiger partial charge in [-0.15, -0.1) is 0 Å². The number of hydrogen-bond acceptors (Lipinski definition) is 3. The molecule has 0 radical (unpaired) electrons. The van der Waals surface area contributed by atoms with Gasteiger partial charge in [-0.2, -0.15) is 5.26 Å². The average Bonchev–Trinajstić information content (AvgIpc) is 2.38.